The van der Waals surface area contributed by atoms with Crippen molar-refractivity contribution in [2.75, 3.05) is 5.75 Å². The molecule has 4 heteroatoms. The maximum absolute atomic E-state index is 12.1. The maximum Gasteiger partial charge on any atom is 0.271 e. The Morgan fingerprint density at radius 2 is 2.13 bits per heavy atom. The maximum atomic E-state index is 12.1. The first-order valence-electron chi connectivity index (χ1n) is 5.76. The molecule has 0 amide bonds. The van der Waals surface area contributed by atoms with E-state index in [4.69, 9.17) is 0 Å². The average Bonchev–Trinajstić information content (AvgIpc) is 2.87. The molecule has 1 aliphatic heterocycles. The molecule has 1 aromatic heterocycles. The smallest absolute Gasteiger partial charge is 0.271 e. The minimum absolute atomic E-state index is 0.254. The van der Waals surface area contributed by atoms with Gasteiger partial charge in [-0.05, 0) is 25.0 Å². The van der Waals surface area contributed by atoms with Crippen LogP contribution in [-0.4, -0.2) is 15.5 Å². The van der Waals surface area contributed by atoms with Crippen LogP contribution in [0.5, 0.6) is 0 Å². The number of nitrogens with zero attached hydrogens (tertiary/aromatic N) is 1. The number of aromatic amines is 1. The van der Waals surface area contributed by atoms with Gasteiger partial charge in [0.1, 0.15) is 0 Å². The molecule has 1 fully saturated rings. The van der Waals surface area contributed by atoms with Crippen molar-refractivity contribution in [1.82, 2.24) is 9.78 Å². The molecule has 1 aromatic rings. The van der Waals surface area contributed by atoms with Crippen LogP contribution in [0.25, 0.3) is 0 Å². The lowest BCUT2D eigenvalue weighted by molar-refractivity contribution is 0.451. The van der Waals surface area contributed by atoms with Gasteiger partial charge in [-0.15, -0.1) is 0 Å². The SMILES string of the molecule is O=c1c2c([nH]n1C1CCCC1)CCSC2. The molecule has 0 saturated heterocycles. The zero-order valence-electron chi connectivity index (χ0n) is 8.79. The minimum atomic E-state index is 0.254. The normalized spacial score (nSPS) is 21.9. The van der Waals surface area contributed by atoms with E-state index in [2.05, 4.69) is 5.10 Å². The fourth-order valence-electron chi connectivity index (χ4n) is 2.66. The van der Waals surface area contributed by atoms with E-state index in [-0.39, 0.29) is 5.56 Å². The minimum Gasteiger partial charge on any atom is -0.299 e. The molecule has 82 valence electrons. The van der Waals surface area contributed by atoms with Gasteiger partial charge in [0.15, 0.2) is 0 Å². The Balaban J connectivity index is 2.01. The van der Waals surface area contributed by atoms with Gasteiger partial charge in [-0.2, -0.15) is 11.8 Å². The Bertz CT molecular complexity index is 415. The molecule has 1 aliphatic carbocycles. The summed E-state index contributed by atoms with van der Waals surface area (Å²) < 4.78 is 1.91. The Morgan fingerprint density at radius 1 is 1.33 bits per heavy atom. The fraction of sp³-hybridized carbons (Fsp3) is 0.727. The first-order chi connectivity index (χ1) is 7.36. The lowest BCUT2D eigenvalue weighted by Gasteiger charge is -2.09. The molecule has 1 saturated carbocycles. The third-order valence-corrected chi connectivity index (χ3v) is 4.51. The topological polar surface area (TPSA) is 37.8 Å². The summed E-state index contributed by atoms with van der Waals surface area (Å²) in [4.78, 5) is 12.1. The van der Waals surface area contributed by atoms with E-state index in [9.17, 15) is 4.79 Å². The first kappa shape index (κ1) is 9.58. The van der Waals surface area contributed by atoms with Gasteiger partial charge < -0.3 is 0 Å². The van der Waals surface area contributed by atoms with Crippen LogP contribution in [0.2, 0.25) is 0 Å². The van der Waals surface area contributed by atoms with Crippen molar-refractivity contribution >= 4 is 11.8 Å². The summed E-state index contributed by atoms with van der Waals surface area (Å²) in [5.41, 5.74) is 2.49. The third kappa shape index (κ3) is 1.55. The number of fused-ring (bicyclic) bond motifs is 1. The van der Waals surface area contributed by atoms with Gasteiger partial charge in [0.25, 0.3) is 5.56 Å². The number of thioether (sulfide) groups is 1. The van der Waals surface area contributed by atoms with E-state index in [1.807, 2.05) is 16.4 Å². The summed E-state index contributed by atoms with van der Waals surface area (Å²) in [6, 6.07) is 0.452. The highest BCUT2D eigenvalue weighted by molar-refractivity contribution is 7.98. The summed E-state index contributed by atoms with van der Waals surface area (Å²) in [5, 5.41) is 3.33. The van der Waals surface area contributed by atoms with Crippen LogP contribution < -0.4 is 5.56 Å². The zero-order valence-corrected chi connectivity index (χ0v) is 9.61. The molecule has 1 N–H and O–H groups in total. The van der Waals surface area contributed by atoms with Crippen LogP contribution in [0.3, 0.4) is 0 Å². The van der Waals surface area contributed by atoms with Crippen molar-refractivity contribution in [1.29, 1.82) is 0 Å². The van der Waals surface area contributed by atoms with Gasteiger partial charge in [0.05, 0.1) is 6.04 Å². The summed E-state index contributed by atoms with van der Waals surface area (Å²) >= 11 is 1.87. The Hall–Kier alpha value is -0.640. The monoisotopic (exact) mass is 224 g/mol. The van der Waals surface area contributed by atoms with E-state index >= 15 is 0 Å². The highest BCUT2D eigenvalue weighted by Gasteiger charge is 2.24. The molecule has 3 rings (SSSR count). The molecule has 2 aliphatic rings. The van der Waals surface area contributed by atoms with Crippen molar-refractivity contribution in [3.05, 3.63) is 21.6 Å². The van der Waals surface area contributed by atoms with Crippen molar-refractivity contribution in [3.8, 4) is 0 Å². The number of nitrogens with one attached hydrogen (secondary N) is 1. The van der Waals surface area contributed by atoms with Crippen molar-refractivity contribution < 1.29 is 0 Å². The summed E-state index contributed by atoms with van der Waals surface area (Å²) in [6.45, 7) is 0. The van der Waals surface area contributed by atoms with Crippen LogP contribution in [0, 0.1) is 0 Å². The van der Waals surface area contributed by atoms with Crippen molar-refractivity contribution in [3.63, 3.8) is 0 Å². The van der Waals surface area contributed by atoms with Crippen molar-refractivity contribution in [2.45, 2.75) is 43.9 Å². The second-order valence-corrected chi connectivity index (χ2v) is 5.59. The number of aryl methyl sites for hydroxylation is 1. The molecule has 2 heterocycles. The summed E-state index contributed by atoms with van der Waals surface area (Å²) in [5.74, 6) is 2.06. The average molecular weight is 224 g/mol. The van der Waals surface area contributed by atoms with E-state index in [1.54, 1.807) is 0 Å². The number of rotatable bonds is 1. The zero-order chi connectivity index (χ0) is 10.3. The van der Waals surface area contributed by atoms with Gasteiger partial charge >= 0.3 is 0 Å². The molecule has 0 atom stereocenters. The third-order valence-electron chi connectivity index (χ3n) is 3.53. The van der Waals surface area contributed by atoms with Crippen molar-refractivity contribution in [2.24, 2.45) is 0 Å². The predicted molar refractivity (Wildman–Crippen MR) is 62.4 cm³/mol. The molecular weight excluding hydrogens is 208 g/mol. The Morgan fingerprint density at radius 3 is 2.87 bits per heavy atom. The second kappa shape index (κ2) is 3.74. The highest BCUT2D eigenvalue weighted by atomic mass is 32.2. The number of hydrogen-bond acceptors (Lipinski definition) is 2. The summed E-state index contributed by atoms with van der Waals surface area (Å²) in [6.07, 6.45) is 5.93. The Labute approximate surface area is 93.2 Å². The van der Waals surface area contributed by atoms with Crippen LogP contribution in [-0.2, 0) is 12.2 Å². The first-order valence-corrected chi connectivity index (χ1v) is 6.92. The Kier molecular flexibility index (Phi) is 2.39. The molecule has 3 nitrogen and oxygen atoms in total. The van der Waals surface area contributed by atoms with Crippen LogP contribution in [0.1, 0.15) is 43.0 Å². The standard InChI is InChI=1S/C11H16N2OS/c14-11-9-7-15-6-5-10(9)12-13(11)8-3-1-2-4-8/h8,12H,1-7H2. The molecule has 0 aromatic carbocycles. The van der Waals surface area contributed by atoms with E-state index in [0.29, 0.717) is 6.04 Å². The molecular formula is C11H16N2OS. The van der Waals surface area contributed by atoms with Gasteiger partial charge in [-0.3, -0.25) is 9.89 Å². The van der Waals surface area contributed by atoms with Gasteiger partial charge in [0.2, 0.25) is 0 Å². The lowest BCUT2D eigenvalue weighted by atomic mass is 10.2. The van der Waals surface area contributed by atoms with Crippen LogP contribution in [0.4, 0.5) is 0 Å². The molecule has 15 heavy (non-hydrogen) atoms. The number of H-pyrrole nitrogens is 1. The largest absolute Gasteiger partial charge is 0.299 e. The van der Waals surface area contributed by atoms with Gasteiger partial charge in [0, 0.05) is 17.0 Å². The molecule has 0 radical (unpaired) electrons. The van der Waals surface area contributed by atoms with E-state index in [1.165, 1.54) is 31.4 Å². The second-order valence-electron chi connectivity index (χ2n) is 4.48. The van der Waals surface area contributed by atoms with E-state index in [0.717, 1.165) is 23.5 Å². The van der Waals surface area contributed by atoms with Gasteiger partial charge in [-0.25, -0.2) is 4.68 Å². The quantitative estimate of drug-likeness (QED) is 0.793. The van der Waals surface area contributed by atoms with Crippen LogP contribution in [0.15, 0.2) is 4.79 Å². The summed E-state index contributed by atoms with van der Waals surface area (Å²) in [7, 11) is 0. The van der Waals surface area contributed by atoms with E-state index < -0.39 is 0 Å². The predicted octanol–water partition coefficient (Wildman–Crippen LogP) is 2.08. The van der Waals surface area contributed by atoms with Gasteiger partial charge in [-0.1, -0.05) is 12.8 Å². The highest BCUT2D eigenvalue weighted by Crippen LogP contribution is 2.29. The molecule has 0 unspecified atom stereocenters. The molecule has 0 bridgehead atoms. The molecule has 0 spiro atoms. The lowest BCUT2D eigenvalue weighted by Crippen LogP contribution is -2.22. The van der Waals surface area contributed by atoms with Crippen LogP contribution >= 0.6 is 11.8 Å². The number of hydrogen-bond donors (Lipinski definition) is 1. The number of aromatic nitrogens is 2. The fourth-order valence-corrected chi connectivity index (χ4v) is 3.66.